The molecule has 0 bridgehead atoms. The van der Waals surface area contributed by atoms with Crippen molar-refractivity contribution in [1.82, 2.24) is 5.32 Å². The first-order chi connectivity index (χ1) is 7.76. The number of halogens is 3. The van der Waals surface area contributed by atoms with Crippen LogP contribution in [-0.4, -0.2) is 54.1 Å². The summed E-state index contributed by atoms with van der Waals surface area (Å²) in [7, 11) is 0. The van der Waals surface area contributed by atoms with Gasteiger partial charge < -0.3 is 20.3 Å². The maximum atomic E-state index is 11.6. The summed E-state index contributed by atoms with van der Waals surface area (Å²) in [5.74, 6) is -2.38. The van der Waals surface area contributed by atoms with Crippen molar-refractivity contribution in [2.24, 2.45) is 0 Å². The van der Waals surface area contributed by atoms with Gasteiger partial charge in [-0.3, -0.25) is 4.79 Å². The number of aliphatic hydroxyl groups excluding tert-OH is 1. The minimum atomic E-state index is -4.54. The van der Waals surface area contributed by atoms with E-state index < -0.39 is 43.9 Å². The Morgan fingerprint density at radius 1 is 1.35 bits per heavy atom. The van der Waals surface area contributed by atoms with Gasteiger partial charge in [-0.1, -0.05) is 0 Å². The lowest BCUT2D eigenvalue weighted by Gasteiger charge is -2.13. The Morgan fingerprint density at radius 3 is 2.35 bits per heavy atom. The number of hydrogen-bond acceptors (Lipinski definition) is 4. The van der Waals surface area contributed by atoms with Crippen molar-refractivity contribution in [2.45, 2.75) is 18.6 Å². The molecule has 0 rings (SSSR count). The quantitative estimate of drug-likeness (QED) is 0.573. The lowest BCUT2D eigenvalue weighted by atomic mass is 10.2. The molecule has 0 heterocycles. The molecule has 0 aromatic carbocycles. The van der Waals surface area contributed by atoms with Crippen molar-refractivity contribution in [2.75, 3.05) is 19.8 Å². The van der Waals surface area contributed by atoms with Crippen LogP contribution in [-0.2, 0) is 14.3 Å². The highest BCUT2D eigenvalue weighted by atomic mass is 19.4. The smallest absolute Gasteiger partial charge is 0.411 e. The second-order valence-electron chi connectivity index (χ2n) is 3.08. The van der Waals surface area contributed by atoms with Crippen LogP contribution in [0.2, 0.25) is 0 Å². The first kappa shape index (κ1) is 15.7. The lowest BCUT2D eigenvalue weighted by molar-refractivity contribution is -0.176. The van der Waals surface area contributed by atoms with Crippen molar-refractivity contribution in [3.05, 3.63) is 0 Å². The van der Waals surface area contributed by atoms with Gasteiger partial charge >= 0.3 is 12.1 Å². The molecule has 1 amide bonds. The van der Waals surface area contributed by atoms with E-state index in [-0.39, 0.29) is 6.42 Å². The summed E-state index contributed by atoms with van der Waals surface area (Å²) in [6.45, 7) is -2.95. The molecule has 0 radical (unpaired) electrons. The molecule has 17 heavy (non-hydrogen) atoms. The van der Waals surface area contributed by atoms with Crippen molar-refractivity contribution in [3.8, 4) is 0 Å². The second kappa shape index (κ2) is 7.07. The van der Waals surface area contributed by atoms with E-state index in [9.17, 15) is 22.8 Å². The highest BCUT2D eigenvalue weighted by molar-refractivity contribution is 5.84. The van der Waals surface area contributed by atoms with Crippen LogP contribution < -0.4 is 5.32 Å². The fourth-order valence-electron chi connectivity index (χ4n) is 0.882. The molecule has 0 saturated heterocycles. The Bertz CT molecular complexity index is 268. The van der Waals surface area contributed by atoms with Gasteiger partial charge in [-0.05, 0) is 0 Å². The van der Waals surface area contributed by atoms with E-state index in [0.29, 0.717) is 0 Å². The zero-order valence-electron chi connectivity index (χ0n) is 8.66. The van der Waals surface area contributed by atoms with Crippen LogP contribution in [0.5, 0.6) is 0 Å². The van der Waals surface area contributed by atoms with E-state index in [1.54, 1.807) is 0 Å². The number of carboxylic acid groups (broad SMARTS) is 1. The Balaban J connectivity index is 3.95. The third-order valence-electron chi connectivity index (χ3n) is 1.55. The van der Waals surface area contributed by atoms with Gasteiger partial charge in [0.15, 0.2) is 0 Å². The lowest BCUT2D eigenvalue weighted by Crippen LogP contribution is -2.43. The zero-order chi connectivity index (χ0) is 13.5. The normalized spacial score (nSPS) is 13.2. The van der Waals surface area contributed by atoms with Gasteiger partial charge in [0.1, 0.15) is 19.3 Å². The molecular formula is C8H12F3NO5. The third-order valence-corrected chi connectivity index (χ3v) is 1.55. The third kappa shape index (κ3) is 8.46. The Hall–Kier alpha value is -1.35. The Labute approximate surface area is 94.4 Å². The van der Waals surface area contributed by atoms with Crippen LogP contribution in [0.1, 0.15) is 6.42 Å². The summed E-state index contributed by atoms with van der Waals surface area (Å²) >= 11 is 0. The molecule has 0 aliphatic rings. The minimum absolute atomic E-state index is 0.236. The summed E-state index contributed by atoms with van der Waals surface area (Å²) in [4.78, 5) is 21.5. The van der Waals surface area contributed by atoms with Gasteiger partial charge in [-0.2, -0.15) is 13.2 Å². The molecule has 0 saturated carbocycles. The molecule has 9 heteroatoms. The number of rotatable bonds is 7. The predicted octanol–water partition coefficient (Wildman–Crippen LogP) is -0.483. The summed E-state index contributed by atoms with van der Waals surface area (Å²) in [6, 6.07) is -1.35. The van der Waals surface area contributed by atoms with E-state index in [4.69, 9.17) is 10.2 Å². The minimum Gasteiger partial charge on any atom is -0.480 e. The molecule has 0 unspecified atom stereocenters. The number of hydrogen-bond donors (Lipinski definition) is 3. The number of nitrogens with one attached hydrogen (secondary N) is 1. The van der Waals surface area contributed by atoms with Crippen LogP contribution in [0.15, 0.2) is 0 Å². The number of alkyl halides is 3. The summed E-state index contributed by atoms with van der Waals surface area (Å²) in [5.41, 5.74) is 0. The van der Waals surface area contributed by atoms with Gasteiger partial charge in [0, 0.05) is 13.0 Å². The van der Waals surface area contributed by atoms with E-state index in [1.807, 2.05) is 5.32 Å². The molecule has 0 aromatic rings. The fraction of sp³-hybridized carbons (Fsp3) is 0.750. The van der Waals surface area contributed by atoms with Crippen molar-refractivity contribution in [1.29, 1.82) is 0 Å². The number of aliphatic carboxylic acids is 1. The SMILES string of the molecule is O=C(COCC(F)(F)F)N[C@H](CCO)C(=O)O. The standard InChI is InChI=1S/C8H12F3NO5/c9-8(10,11)4-17-3-6(14)12-5(1-2-13)7(15)16/h5,13H,1-4H2,(H,12,14)(H,15,16)/t5-/m1/s1. The zero-order valence-corrected chi connectivity index (χ0v) is 8.66. The molecule has 6 nitrogen and oxygen atoms in total. The number of aliphatic hydroxyl groups is 1. The average molecular weight is 259 g/mol. The van der Waals surface area contributed by atoms with Crippen molar-refractivity contribution >= 4 is 11.9 Å². The van der Waals surface area contributed by atoms with Gasteiger partial charge in [0.25, 0.3) is 0 Å². The average Bonchev–Trinajstić information content (AvgIpc) is 2.14. The van der Waals surface area contributed by atoms with E-state index >= 15 is 0 Å². The molecule has 0 aliphatic heterocycles. The molecule has 0 aromatic heterocycles. The molecule has 0 aliphatic carbocycles. The van der Waals surface area contributed by atoms with E-state index in [0.717, 1.165) is 0 Å². The fourth-order valence-corrected chi connectivity index (χ4v) is 0.882. The number of carbonyl (C=O) groups excluding carboxylic acids is 1. The Kier molecular flexibility index (Phi) is 6.51. The van der Waals surface area contributed by atoms with Gasteiger partial charge in [0.05, 0.1) is 0 Å². The molecule has 100 valence electrons. The summed E-state index contributed by atoms with van der Waals surface area (Å²) < 4.78 is 38.9. The highest BCUT2D eigenvalue weighted by Crippen LogP contribution is 2.14. The van der Waals surface area contributed by atoms with E-state index in [1.165, 1.54) is 0 Å². The van der Waals surface area contributed by atoms with Gasteiger partial charge in [-0.15, -0.1) is 0 Å². The Morgan fingerprint density at radius 2 is 1.94 bits per heavy atom. The number of ether oxygens (including phenoxy) is 1. The van der Waals surface area contributed by atoms with Gasteiger partial charge in [0.2, 0.25) is 5.91 Å². The summed E-state index contributed by atoms with van der Waals surface area (Å²) in [6.07, 6.45) is -4.78. The summed E-state index contributed by atoms with van der Waals surface area (Å²) in [5, 5.41) is 19.0. The molecule has 3 N–H and O–H groups in total. The van der Waals surface area contributed by atoms with Crippen molar-refractivity contribution < 1.29 is 37.7 Å². The second-order valence-corrected chi connectivity index (χ2v) is 3.08. The van der Waals surface area contributed by atoms with Crippen LogP contribution in [0, 0.1) is 0 Å². The largest absolute Gasteiger partial charge is 0.480 e. The maximum absolute atomic E-state index is 11.6. The monoisotopic (exact) mass is 259 g/mol. The molecule has 0 fully saturated rings. The maximum Gasteiger partial charge on any atom is 0.411 e. The van der Waals surface area contributed by atoms with Crippen LogP contribution >= 0.6 is 0 Å². The number of amides is 1. The molecule has 1 atom stereocenters. The van der Waals surface area contributed by atoms with Crippen molar-refractivity contribution in [3.63, 3.8) is 0 Å². The van der Waals surface area contributed by atoms with E-state index in [2.05, 4.69) is 4.74 Å². The van der Waals surface area contributed by atoms with Crippen LogP contribution in [0.3, 0.4) is 0 Å². The molecular weight excluding hydrogens is 247 g/mol. The van der Waals surface area contributed by atoms with Crippen LogP contribution in [0.4, 0.5) is 13.2 Å². The first-order valence-corrected chi connectivity index (χ1v) is 4.54. The first-order valence-electron chi connectivity index (χ1n) is 4.54. The number of carbonyl (C=O) groups is 2. The van der Waals surface area contributed by atoms with Crippen LogP contribution in [0.25, 0.3) is 0 Å². The molecule has 0 spiro atoms. The highest BCUT2D eigenvalue weighted by Gasteiger charge is 2.28. The topological polar surface area (TPSA) is 95.9 Å². The number of carboxylic acids is 1. The van der Waals surface area contributed by atoms with Gasteiger partial charge in [-0.25, -0.2) is 4.79 Å². The predicted molar refractivity (Wildman–Crippen MR) is 48.1 cm³/mol.